The van der Waals surface area contributed by atoms with Crippen molar-refractivity contribution >= 4 is 5.78 Å². The van der Waals surface area contributed by atoms with Crippen molar-refractivity contribution in [1.29, 1.82) is 0 Å². The minimum atomic E-state index is -1.53. The molecule has 1 aliphatic rings. The first-order chi connectivity index (χ1) is 11.3. The highest BCUT2D eigenvalue weighted by molar-refractivity contribution is 5.96. The Kier molecular flexibility index (Phi) is 6.27. The number of Topliss-reactive ketones (excluding diaryl/α,β-unsaturated/α-hetero) is 1. The normalized spacial score (nSPS) is 31.6. The molecule has 0 amide bonds. The molecular formula is C16H22O8. The number of hydrogen-bond donors (Lipinski definition) is 5. The number of aliphatic hydroxyl groups excluding tert-OH is 4. The van der Waals surface area contributed by atoms with Gasteiger partial charge in [-0.2, -0.15) is 0 Å². The van der Waals surface area contributed by atoms with Gasteiger partial charge in [-0.05, 0) is 31.2 Å². The highest BCUT2D eigenvalue weighted by Crippen LogP contribution is 2.24. The Morgan fingerprint density at radius 3 is 2.38 bits per heavy atom. The molecule has 0 aromatic heterocycles. The maximum absolute atomic E-state index is 12.1. The molecule has 0 saturated carbocycles. The predicted molar refractivity (Wildman–Crippen MR) is 81.4 cm³/mol. The van der Waals surface area contributed by atoms with Crippen LogP contribution in [-0.2, 0) is 9.47 Å². The first-order valence-corrected chi connectivity index (χ1v) is 7.61. The monoisotopic (exact) mass is 342 g/mol. The molecule has 1 aliphatic heterocycles. The second-order valence-electron chi connectivity index (χ2n) is 5.82. The van der Waals surface area contributed by atoms with Crippen LogP contribution < -0.4 is 0 Å². The molecule has 1 aromatic rings. The van der Waals surface area contributed by atoms with Crippen molar-refractivity contribution in [2.75, 3.05) is 6.61 Å². The van der Waals surface area contributed by atoms with Gasteiger partial charge in [0.2, 0.25) is 0 Å². The summed E-state index contributed by atoms with van der Waals surface area (Å²) in [5.41, 5.74) is 0.400. The van der Waals surface area contributed by atoms with Crippen LogP contribution in [0.4, 0.5) is 0 Å². The van der Waals surface area contributed by atoms with Gasteiger partial charge in [0.25, 0.3) is 0 Å². The van der Waals surface area contributed by atoms with Crippen molar-refractivity contribution in [3.8, 4) is 5.75 Å². The second-order valence-corrected chi connectivity index (χ2v) is 5.82. The summed E-state index contributed by atoms with van der Waals surface area (Å²) in [5.74, 6) is -0.177. The van der Waals surface area contributed by atoms with Gasteiger partial charge >= 0.3 is 0 Å². The molecule has 2 rings (SSSR count). The van der Waals surface area contributed by atoms with Crippen LogP contribution in [0, 0.1) is 0 Å². The summed E-state index contributed by atoms with van der Waals surface area (Å²) >= 11 is 0. The second kappa shape index (κ2) is 8.02. The summed E-state index contributed by atoms with van der Waals surface area (Å²) in [4.78, 5) is 12.1. The quantitative estimate of drug-likeness (QED) is 0.423. The highest BCUT2D eigenvalue weighted by atomic mass is 16.7. The van der Waals surface area contributed by atoms with E-state index >= 15 is 0 Å². The molecule has 0 unspecified atom stereocenters. The van der Waals surface area contributed by atoms with Gasteiger partial charge in [-0.25, -0.2) is 0 Å². The zero-order chi connectivity index (χ0) is 17.9. The van der Waals surface area contributed by atoms with Crippen molar-refractivity contribution in [2.24, 2.45) is 0 Å². The van der Waals surface area contributed by atoms with E-state index in [1.165, 1.54) is 24.3 Å². The van der Waals surface area contributed by atoms with Crippen LogP contribution in [0.25, 0.3) is 0 Å². The average molecular weight is 342 g/mol. The van der Waals surface area contributed by atoms with E-state index in [1.54, 1.807) is 6.92 Å². The number of rotatable bonds is 6. The number of ketones is 1. The molecule has 1 aromatic carbocycles. The topological polar surface area (TPSA) is 137 Å². The zero-order valence-electron chi connectivity index (χ0n) is 13.1. The molecule has 1 heterocycles. The summed E-state index contributed by atoms with van der Waals surface area (Å²) in [7, 11) is 0. The Bertz CT molecular complexity index is 544. The van der Waals surface area contributed by atoms with E-state index < -0.39 is 43.4 Å². The van der Waals surface area contributed by atoms with Crippen LogP contribution in [0.1, 0.15) is 23.7 Å². The Labute approximate surface area is 138 Å². The van der Waals surface area contributed by atoms with Gasteiger partial charge in [0.1, 0.15) is 30.2 Å². The fourth-order valence-electron chi connectivity index (χ4n) is 2.48. The van der Waals surface area contributed by atoms with Crippen molar-refractivity contribution in [3.05, 3.63) is 29.8 Å². The third kappa shape index (κ3) is 4.29. The van der Waals surface area contributed by atoms with Crippen LogP contribution in [0.2, 0.25) is 0 Å². The van der Waals surface area contributed by atoms with Crippen molar-refractivity contribution < 1.29 is 39.8 Å². The van der Waals surface area contributed by atoms with Gasteiger partial charge in [0.15, 0.2) is 12.1 Å². The summed E-state index contributed by atoms with van der Waals surface area (Å²) in [6, 6.07) is 5.77. The summed E-state index contributed by atoms with van der Waals surface area (Å²) in [5, 5.41) is 47.6. The molecule has 0 bridgehead atoms. The maximum atomic E-state index is 12.1. The fourth-order valence-corrected chi connectivity index (χ4v) is 2.48. The van der Waals surface area contributed by atoms with Crippen LogP contribution in [0.5, 0.6) is 5.75 Å². The van der Waals surface area contributed by atoms with E-state index in [4.69, 9.17) is 14.6 Å². The number of benzene rings is 1. The largest absolute Gasteiger partial charge is 0.508 e. The number of carbonyl (C=O) groups excluding carboxylic acids is 1. The molecule has 8 heteroatoms. The molecule has 24 heavy (non-hydrogen) atoms. The van der Waals surface area contributed by atoms with Crippen molar-refractivity contribution in [2.45, 2.75) is 50.2 Å². The molecular weight excluding hydrogens is 320 g/mol. The van der Waals surface area contributed by atoms with Crippen molar-refractivity contribution in [3.63, 3.8) is 0 Å². The number of phenols is 1. The standard InChI is InChI=1S/C16H22O8/c1-8(6-11(19)9-2-4-10(18)5-3-9)23-16-15(22)14(21)13(20)12(7-17)24-16/h2-5,8,12-18,20-22H,6-7H2,1H3/t8-,12-,13-,14+,15-,16-/m1/s1. The van der Waals surface area contributed by atoms with E-state index in [0.717, 1.165) is 0 Å². The number of ether oxygens (including phenoxy) is 2. The Balaban J connectivity index is 1.94. The summed E-state index contributed by atoms with van der Waals surface area (Å²) < 4.78 is 10.7. The molecule has 134 valence electrons. The van der Waals surface area contributed by atoms with Gasteiger partial charge < -0.3 is 35.0 Å². The third-order valence-corrected chi connectivity index (χ3v) is 3.88. The SMILES string of the molecule is C[C@H](CC(=O)c1ccc(O)cc1)O[C@@H]1O[C@H](CO)[C@@H](O)[C@H](O)[C@H]1O. The molecule has 6 atom stereocenters. The number of phenolic OH excluding ortho intramolecular Hbond substituents is 1. The highest BCUT2D eigenvalue weighted by Gasteiger charge is 2.44. The zero-order valence-corrected chi connectivity index (χ0v) is 13.1. The van der Waals surface area contributed by atoms with E-state index in [0.29, 0.717) is 5.56 Å². The molecule has 5 N–H and O–H groups in total. The van der Waals surface area contributed by atoms with E-state index in [2.05, 4.69) is 0 Å². The first kappa shape index (κ1) is 18.8. The Morgan fingerprint density at radius 1 is 1.17 bits per heavy atom. The minimum Gasteiger partial charge on any atom is -0.508 e. The van der Waals surface area contributed by atoms with Gasteiger partial charge in [0, 0.05) is 12.0 Å². The first-order valence-electron chi connectivity index (χ1n) is 7.61. The van der Waals surface area contributed by atoms with Gasteiger partial charge in [0.05, 0.1) is 12.7 Å². The smallest absolute Gasteiger partial charge is 0.186 e. The average Bonchev–Trinajstić information content (AvgIpc) is 2.55. The molecule has 0 spiro atoms. The van der Waals surface area contributed by atoms with Gasteiger partial charge in [-0.3, -0.25) is 4.79 Å². The lowest BCUT2D eigenvalue weighted by atomic mass is 9.99. The summed E-state index contributed by atoms with van der Waals surface area (Å²) in [6.45, 7) is 1.05. The number of aliphatic hydroxyl groups is 4. The molecule has 1 fully saturated rings. The summed E-state index contributed by atoms with van der Waals surface area (Å²) in [6.07, 6.45) is -7.49. The third-order valence-electron chi connectivity index (χ3n) is 3.88. The van der Waals surface area contributed by atoms with Crippen molar-refractivity contribution in [1.82, 2.24) is 0 Å². The molecule has 1 saturated heterocycles. The number of hydrogen-bond acceptors (Lipinski definition) is 8. The van der Waals surface area contributed by atoms with Gasteiger partial charge in [-0.1, -0.05) is 0 Å². The lowest BCUT2D eigenvalue weighted by Crippen LogP contribution is -2.59. The van der Waals surface area contributed by atoms with E-state index in [-0.39, 0.29) is 18.0 Å². The Morgan fingerprint density at radius 2 is 1.79 bits per heavy atom. The fraction of sp³-hybridized carbons (Fsp3) is 0.562. The van der Waals surface area contributed by atoms with E-state index in [1.807, 2.05) is 0 Å². The van der Waals surface area contributed by atoms with E-state index in [9.17, 15) is 25.2 Å². The number of carbonyl (C=O) groups is 1. The maximum Gasteiger partial charge on any atom is 0.186 e. The molecule has 0 aliphatic carbocycles. The van der Waals surface area contributed by atoms with Gasteiger partial charge in [-0.15, -0.1) is 0 Å². The van der Waals surface area contributed by atoms with Crippen LogP contribution in [0.3, 0.4) is 0 Å². The van der Waals surface area contributed by atoms with Crippen LogP contribution >= 0.6 is 0 Å². The minimum absolute atomic E-state index is 0.0141. The van der Waals surface area contributed by atoms with Crippen LogP contribution in [0.15, 0.2) is 24.3 Å². The predicted octanol–water partition coefficient (Wildman–Crippen LogP) is -0.830. The molecule has 0 radical (unpaired) electrons. The Hall–Kier alpha value is -1.55. The molecule has 8 nitrogen and oxygen atoms in total. The lowest BCUT2D eigenvalue weighted by molar-refractivity contribution is -0.309. The lowest BCUT2D eigenvalue weighted by Gasteiger charge is -2.40. The van der Waals surface area contributed by atoms with Crippen LogP contribution in [-0.4, -0.2) is 74.7 Å². The number of aromatic hydroxyl groups is 1.